The topological polar surface area (TPSA) is 73.4 Å². The van der Waals surface area contributed by atoms with Crippen LogP contribution in [0, 0.1) is 21.4 Å². The Hall–Kier alpha value is -2.13. The molecule has 106 valence electrons. The van der Waals surface area contributed by atoms with Crippen molar-refractivity contribution < 1.29 is 4.92 Å². The van der Waals surface area contributed by atoms with Crippen LogP contribution in [0.15, 0.2) is 24.3 Å². The molecule has 6 nitrogen and oxygen atoms in total. The van der Waals surface area contributed by atoms with Crippen molar-refractivity contribution in [1.82, 2.24) is 4.90 Å². The number of non-ortho nitro benzene ring substituents is 1. The number of nitro groups is 1. The lowest BCUT2D eigenvalue weighted by Crippen LogP contribution is -2.46. The lowest BCUT2D eigenvalue weighted by molar-refractivity contribution is -0.384. The van der Waals surface area contributed by atoms with Gasteiger partial charge in [0.2, 0.25) is 0 Å². The highest BCUT2D eigenvalue weighted by atomic mass is 16.6. The molecule has 0 unspecified atom stereocenters. The van der Waals surface area contributed by atoms with E-state index in [0.717, 1.165) is 44.8 Å². The maximum absolute atomic E-state index is 10.8. The molecule has 0 saturated carbocycles. The van der Waals surface area contributed by atoms with Gasteiger partial charge in [-0.25, -0.2) is 0 Å². The van der Waals surface area contributed by atoms with Crippen LogP contribution in [0.5, 0.6) is 0 Å². The molecule has 0 aliphatic carbocycles. The summed E-state index contributed by atoms with van der Waals surface area (Å²) in [7, 11) is 0. The molecule has 0 aromatic heterocycles. The molecule has 0 bridgehead atoms. The molecule has 0 spiro atoms. The minimum absolute atomic E-state index is 0.138. The monoisotopic (exact) mass is 274 g/mol. The largest absolute Gasteiger partial charge is 0.369 e. The van der Waals surface area contributed by atoms with Crippen molar-refractivity contribution in [2.75, 3.05) is 37.6 Å². The highest BCUT2D eigenvalue weighted by molar-refractivity contribution is 5.53. The molecule has 1 aromatic rings. The Morgan fingerprint density at radius 2 is 2.05 bits per heavy atom. The van der Waals surface area contributed by atoms with Crippen molar-refractivity contribution in [3.8, 4) is 6.07 Å². The molecule has 1 aliphatic rings. The van der Waals surface area contributed by atoms with Gasteiger partial charge in [0.1, 0.15) is 0 Å². The van der Waals surface area contributed by atoms with Gasteiger partial charge >= 0.3 is 0 Å². The molecule has 0 N–H and O–H groups in total. The minimum Gasteiger partial charge on any atom is -0.369 e. The second-order valence-electron chi connectivity index (χ2n) is 4.87. The van der Waals surface area contributed by atoms with Crippen LogP contribution in [0.1, 0.15) is 12.8 Å². The quantitative estimate of drug-likeness (QED) is 0.466. The third kappa shape index (κ3) is 3.68. The first-order valence-corrected chi connectivity index (χ1v) is 6.79. The van der Waals surface area contributed by atoms with Crippen LogP contribution in [0.3, 0.4) is 0 Å². The lowest BCUT2D eigenvalue weighted by Gasteiger charge is -2.35. The zero-order valence-corrected chi connectivity index (χ0v) is 11.4. The van der Waals surface area contributed by atoms with Gasteiger partial charge in [0, 0.05) is 50.4 Å². The third-order valence-corrected chi connectivity index (χ3v) is 3.54. The van der Waals surface area contributed by atoms with Gasteiger partial charge in [-0.15, -0.1) is 0 Å². The summed E-state index contributed by atoms with van der Waals surface area (Å²) in [6.45, 7) is 4.57. The Labute approximate surface area is 118 Å². The fraction of sp³-hybridized carbons (Fsp3) is 0.500. The van der Waals surface area contributed by atoms with E-state index in [4.69, 9.17) is 5.26 Å². The fourth-order valence-electron chi connectivity index (χ4n) is 2.41. The predicted octanol–water partition coefficient (Wildman–Crippen LogP) is 2.02. The average molecular weight is 274 g/mol. The Kier molecular flexibility index (Phi) is 4.91. The summed E-state index contributed by atoms with van der Waals surface area (Å²) in [6.07, 6.45) is 1.51. The van der Waals surface area contributed by atoms with Gasteiger partial charge in [-0.3, -0.25) is 15.0 Å². The van der Waals surface area contributed by atoms with Crippen molar-refractivity contribution in [3.05, 3.63) is 34.4 Å². The molecule has 20 heavy (non-hydrogen) atoms. The number of hydrogen-bond donors (Lipinski definition) is 0. The molecule has 1 aromatic carbocycles. The van der Waals surface area contributed by atoms with E-state index >= 15 is 0 Å². The lowest BCUT2D eigenvalue weighted by atomic mass is 10.2. The molecule has 1 saturated heterocycles. The smallest absolute Gasteiger partial charge is 0.271 e. The Morgan fingerprint density at radius 1 is 1.30 bits per heavy atom. The fourth-order valence-corrected chi connectivity index (χ4v) is 2.41. The summed E-state index contributed by atoms with van der Waals surface area (Å²) >= 11 is 0. The maximum Gasteiger partial charge on any atom is 0.271 e. The van der Waals surface area contributed by atoms with Crippen LogP contribution < -0.4 is 4.90 Å². The van der Waals surface area contributed by atoms with Crippen LogP contribution in [-0.4, -0.2) is 42.5 Å². The van der Waals surface area contributed by atoms with Crippen LogP contribution in [0.25, 0.3) is 0 Å². The average Bonchev–Trinajstić information content (AvgIpc) is 2.48. The maximum atomic E-state index is 10.8. The normalized spacial score (nSPS) is 15.8. The van der Waals surface area contributed by atoms with Crippen molar-refractivity contribution in [3.63, 3.8) is 0 Å². The number of rotatable bonds is 5. The molecular weight excluding hydrogens is 256 g/mol. The van der Waals surface area contributed by atoms with Gasteiger partial charge in [0.15, 0.2) is 0 Å². The first kappa shape index (κ1) is 14.3. The van der Waals surface area contributed by atoms with E-state index in [0.29, 0.717) is 6.42 Å². The van der Waals surface area contributed by atoms with Crippen molar-refractivity contribution in [1.29, 1.82) is 5.26 Å². The number of nitrogens with zero attached hydrogens (tertiary/aromatic N) is 4. The number of nitro benzene ring substituents is 1. The zero-order chi connectivity index (χ0) is 14.4. The third-order valence-electron chi connectivity index (χ3n) is 3.54. The number of benzene rings is 1. The predicted molar refractivity (Wildman–Crippen MR) is 76.6 cm³/mol. The molecule has 6 heteroatoms. The zero-order valence-electron chi connectivity index (χ0n) is 11.4. The Morgan fingerprint density at radius 3 is 2.70 bits per heavy atom. The number of piperazine rings is 1. The van der Waals surface area contributed by atoms with Crippen molar-refractivity contribution in [2.45, 2.75) is 12.8 Å². The standard InChI is InChI=1S/C14H18N4O2/c15-6-1-2-7-16-8-10-17(11-9-16)13-4-3-5-14(12-13)18(19)20/h3-5,12H,1-2,7-11H2. The Bertz CT molecular complexity index is 504. The van der Waals surface area contributed by atoms with Gasteiger partial charge in [0.05, 0.1) is 11.0 Å². The molecule has 2 rings (SSSR count). The van der Waals surface area contributed by atoms with Crippen LogP contribution >= 0.6 is 0 Å². The minimum atomic E-state index is -0.359. The number of unbranched alkanes of at least 4 members (excludes halogenated alkanes) is 1. The highest BCUT2D eigenvalue weighted by Gasteiger charge is 2.18. The van der Waals surface area contributed by atoms with E-state index in [2.05, 4.69) is 15.9 Å². The van der Waals surface area contributed by atoms with E-state index in [1.165, 1.54) is 6.07 Å². The molecule has 1 fully saturated rings. The molecule has 1 aliphatic heterocycles. The molecule has 0 radical (unpaired) electrons. The van der Waals surface area contributed by atoms with E-state index < -0.39 is 0 Å². The van der Waals surface area contributed by atoms with Crippen molar-refractivity contribution >= 4 is 11.4 Å². The first-order valence-electron chi connectivity index (χ1n) is 6.79. The number of anilines is 1. The van der Waals surface area contributed by atoms with E-state index in [-0.39, 0.29) is 10.6 Å². The number of nitriles is 1. The van der Waals surface area contributed by atoms with Crippen LogP contribution in [-0.2, 0) is 0 Å². The van der Waals surface area contributed by atoms with Gasteiger partial charge in [-0.1, -0.05) is 6.07 Å². The second-order valence-corrected chi connectivity index (χ2v) is 4.87. The van der Waals surface area contributed by atoms with Gasteiger partial charge < -0.3 is 4.90 Å². The summed E-state index contributed by atoms with van der Waals surface area (Å²) in [4.78, 5) is 14.9. The summed E-state index contributed by atoms with van der Waals surface area (Å²) < 4.78 is 0. The second kappa shape index (κ2) is 6.87. The summed E-state index contributed by atoms with van der Waals surface area (Å²) in [6, 6.07) is 8.95. The van der Waals surface area contributed by atoms with Crippen LogP contribution in [0.4, 0.5) is 11.4 Å². The van der Waals surface area contributed by atoms with E-state index in [9.17, 15) is 10.1 Å². The SMILES string of the molecule is N#CCCCN1CCN(c2cccc([N+](=O)[O-])c2)CC1. The van der Waals surface area contributed by atoms with Gasteiger partial charge in [-0.05, 0) is 19.0 Å². The van der Waals surface area contributed by atoms with Crippen LogP contribution in [0.2, 0.25) is 0 Å². The molecule has 0 atom stereocenters. The number of hydrogen-bond acceptors (Lipinski definition) is 5. The molecule has 1 heterocycles. The van der Waals surface area contributed by atoms with Gasteiger partial charge in [0.25, 0.3) is 5.69 Å². The highest BCUT2D eigenvalue weighted by Crippen LogP contribution is 2.22. The first-order chi connectivity index (χ1) is 9.70. The van der Waals surface area contributed by atoms with Crippen molar-refractivity contribution in [2.24, 2.45) is 0 Å². The summed E-state index contributed by atoms with van der Waals surface area (Å²) in [5, 5.41) is 19.3. The summed E-state index contributed by atoms with van der Waals surface area (Å²) in [5.74, 6) is 0. The molecule has 0 amide bonds. The molecular formula is C14H18N4O2. The van der Waals surface area contributed by atoms with Gasteiger partial charge in [-0.2, -0.15) is 5.26 Å². The van der Waals surface area contributed by atoms with E-state index in [1.54, 1.807) is 12.1 Å². The van der Waals surface area contributed by atoms with E-state index in [1.807, 2.05) is 6.07 Å². The summed E-state index contributed by atoms with van der Waals surface area (Å²) in [5.41, 5.74) is 1.05. The Balaban J connectivity index is 1.89.